The third kappa shape index (κ3) is 6.77. The molecule has 144 valence electrons. The number of methoxy groups -OCH3 is 1. The molecule has 0 saturated heterocycles. The molecule has 0 aliphatic rings. The molecule has 0 fully saturated rings. The summed E-state index contributed by atoms with van der Waals surface area (Å²) in [7, 11) is 1.59. The zero-order chi connectivity index (χ0) is 19.8. The Bertz CT molecular complexity index is 768. The van der Waals surface area contributed by atoms with Gasteiger partial charge in [-0.05, 0) is 44.0 Å². The van der Waals surface area contributed by atoms with Gasteiger partial charge in [0.1, 0.15) is 5.75 Å². The van der Waals surface area contributed by atoms with Gasteiger partial charge in [-0.3, -0.25) is 9.59 Å². The number of hydrogen-bond donors (Lipinski definition) is 1. The van der Waals surface area contributed by atoms with Gasteiger partial charge in [0.2, 0.25) is 5.91 Å². The van der Waals surface area contributed by atoms with Gasteiger partial charge in [0, 0.05) is 0 Å². The highest BCUT2D eigenvalue weighted by Gasteiger charge is 2.20. The highest BCUT2D eigenvalue weighted by molar-refractivity contribution is 5.80. The van der Waals surface area contributed by atoms with E-state index < -0.39 is 6.04 Å². The van der Waals surface area contributed by atoms with Crippen molar-refractivity contribution < 1.29 is 19.1 Å². The van der Waals surface area contributed by atoms with Crippen molar-refractivity contribution in [3.8, 4) is 5.75 Å². The first-order valence-corrected chi connectivity index (χ1v) is 9.05. The number of aryl methyl sites for hydroxylation is 1. The van der Waals surface area contributed by atoms with Gasteiger partial charge in [-0.25, -0.2) is 0 Å². The molecular weight excluding hydrogens is 342 g/mol. The summed E-state index contributed by atoms with van der Waals surface area (Å²) in [5, 5.41) is 2.96. The van der Waals surface area contributed by atoms with Crippen molar-refractivity contribution in [1.29, 1.82) is 0 Å². The van der Waals surface area contributed by atoms with Crippen LogP contribution in [0, 0.1) is 6.92 Å². The van der Waals surface area contributed by atoms with Crippen molar-refractivity contribution in [2.45, 2.75) is 45.8 Å². The van der Waals surface area contributed by atoms with Crippen molar-refractivity contribution in [2.24, 2.45) is 0 Å². The molecule has 0 bridgehead atoms. The van der Waals surface area contributed by atoms with Gasteiger partial charge in [-0.1, -0.05) is 42.0 Å². The summed E-state index contributed by atoms with van der Waals surface area (Å²) in [6.45, 7) is 5.60. The molecule has 5 nitrogen and oxygen atoms in total. The molecule has 2 aromatic rings. The Labute approximate surface area is 160 Å². The number of hydrogen-bond acceptors (Lipinski definition) is 4. The number of benzene rings is 2. The molecule has 1 amide bonds. The smallest absolute Gasteiger partial charge is 0.308 e. The quantitative estimate of drug-likeness (QED) is 0.720. The van der Waals surface area contributed by atoms with Crippen LogP contribution < -0.4 is 10.1 Å². The van der Waals surface area contributed by atoms with Gasteiger partial charge >= 0.3 is 5.97 Å². The van der Waals surface area contributed by atoms with Crippen molar-refractivity contribution >= 4 is 11.9 Å². The Morgan fingerprint density at radius 1 is 1.07 bits per heavy atom. The molecule has 0 aliphatic carbocycles. The number of esters is 1. The molecule has 2 aromatic carbocycles. The fraction of sp³-hybridized carbons (Fsp3) is 0.364. The fourth-order valence-electron chi connectivity index (χ4n) is 2.74. The van der Waals surface area contributed by atoms with Crippen LogP contribution in [0.2, 0.25) is 0 Å². The molecule has 1 unspecified atom stereocenters. The Balaban J connectivity index is 2.10. The summed E-state index contributed by atoms with van der Waals surface area (Å²) < 4.78 is 10.4. The maximum Gasteiger partial charge on any atom is 0.308 e. The summed E-state index contributed by atoms with van der Waals surface area (Å²) in [5.74, 6) is 0.208. The van der Waals surface area contributed by atoms with E-state index in [1.807, 2.05) is 55.5 Å². The topological polar surface area (TPSA) is 64.6 Å². The lowest BCUT2D eigenvalue weighted by Crippen LogP contribution is -2.32. The van der Waals surface area contributed by atoms with Crippen LogP contribution in [0.3, 0.4) is 0 Å². The Morgan fingerprint density at radius 3 is 2.41 bits per heavy atom. The minimum Gasteiger partial charge on any atom is -0.497 e. The first kappa shape index (κ1) is 20.5. The number of carbonyl (C=O) groups is 2. The van der Waals surface area contributed by atoms with Crippen LogP contribution in [0.4, 0.5) is 0 Å². The van der Waals surface area contributed by atoms with Crippen molar-refractivity contribution in [3.63, 3.8) is 0 Å². The molecular formula is C22H27NO4. The lowest BCUT2D eigenvalue weighted by Gasteiger charge is -2.20. The summed E-state index contributed by atoms with van der Waals surface area (Å²) in [5.41, 5.74) is 2.84. The second kappa shape index (κ2) is 9.76. The Morgan fingerprint density at radius 2 is 1.78 bits per heavy atom. The molecule has 1 N–H and O–H groups in total. The lowest BCUT2D eigenvalue weighted by atomic mass is 10.0. The minimum absolute atomic E-state index is 0.0884. The maximum atomic E-state index is 12.6. The summed E-state index contributed by atoms with van der Waals surface area (Å²) in [6, 6.07) is 14.7. The zero-order valence-corrected chi connectivity index (χ0v) is 16.3. The molecule has 2 rings (SSSR count). The van der Waals surface area contributed by atoms with E-state index in [-0.39, 0.29) is 30.8 Å². The second-order valence-electron chi connectivity index (χ2n) is 6.80. The van der Waals surface area contributed by atoms with E-state index in [0.29, 0.717) is 5.75 Å². The Kier molecular flexibility index (Phi) is 7.41. The van der Waals surface area contributed by atoms with Gasteiger partial charge in [0.25, 0.3) is 0 Å². The molecule has 0 heterocycles. The first-order chi connectivity index (χ1) is 12.9. The fourth-order valence-corrected chi connectivity index (χ4v) is 2.74. The molecule has 5 heteroatoms. The molecule has 0 aliphatic heterocycles. The van der Waals surface area contributed by atoms with E-state index in [9.17, 15) is 9.59 Å². The highest BCUT2D eigenvalue weighted by atomic mass is 16.5. The van der Waals surface area contributed by atoms with Crippen molar-refractivity contribution in [1.82, 2.24) is 5.32 Å². The van der Waals surface area contributed by atoms with Gasteiger partial charge in [-0.15, -0.1) is 0 Å². The van der Waals surface area contributed by atoms with E-state index in [0.717, 1.165) is 16.7 Å². The molecule has 27 heavy (non-hydrogen) atoms. The summed E-state index contributed by atoms with van der Waals surface area (Å²) in [4.78, 5) is 24.7. The van der Waals surface area contributed by atoms with E-state index in [1.54, 1.807) is 21.0 Å². The summed E-state index contributed by atoms with van der Waals surface area (Å²) >= 11 is 0. The SMILES string of the molecule is COc1cccc(CC(=O)NC(CC(=O)OC(C)C)c2ccc(C)cc2)c1. The average molecular weight is 369 g/mol. The predicted molar refractivity (Wildman–Crippen MR) is 105 cm³/mol. The lowest BCUT2D eigenvalue weighted by molar-refractivity contribution is -0.148. The van der Waals surface area contributed by atoms with Crippen LogP contribution in [0.5, 0.6) is 5.75 Å². The number of amides is 1. The van der Waals surface area contributed by atoms with Crippen LogP contribution in [0.25, 0.3) is 0 Å². The van der Waals surface area contributed by atoms with E-state index in [2.05, 4.69) is 5.32 Å². The Hall–Kier alpha value is -2.82. The van der Waals surface area contributed by atoms with Crippen LogP contribution in [-0.2, 0) is 20.7 Å². The largest absolute Gasteiger partial charge is 0.497 e. The zero-order valence-electron chi connectivity index (χ0n) is 16.3. The third-order valence-electron chi connectivity index (χ3n) is 4.05. The predicted octanol–water partition coefficient (Wildman–Crippen LogP) is 3.75. The minimum atomic E-state index is -0.435. The van der Waals surface area contributed by atoms with Crippen molar-refractivity contribution in [3.05, 3.63) is 65.2 Å². The molecule has 1 atom stereocenters. The second-order valence-corrected chi connectivity index (χ2v) is 6.80. The van der Waals surface area contributed by atoms with Gasteiger partial charge in [0.05, 0.1) is 32.1 Å². The number of rotatable bonds is 8. The van der Waals surface area contributed by atoms with Crippen LogP contribution in [0.1, 0.15) is 43.0 Å². The third-order valence-corrected chi connectivity index (χ3v) is 4.05. The molecule has 0 aromatic heterocycles. The molecule has 0 radical (unpaired) electrons. The maximum absolute atomic E-state index is 12.6. The number of ether oxygens (including phenoxy) is 2. The highest BCUT2D eigenvalue weighted by Crippen LogP contribution is 2.20. The van der Waals surface area contributed by atoms with E-state index in [4.69, 9.17) is 9.47 Å². The average Bonchev–Trinajstić information content (AvgIpc) is 2.61. The summed E-state index contributed by atoms with van der Waals surface area (Å²) in [6.07, 6.45) is 0.104. The van der Waals surface area contributed by atoms with E-state index in [1.165, 1.54) is 0 Å². The van der Waals surface area contributed by atoms with Gasteiger partial charge in [-0.2, -0.15) is 0 Å². The standard InChI is InChI=1S/C22H27NO4/c1-15(2)27-22(25)14-20(18-10-8-16(3)9-11-18)23-21(24)13-17-6-5-7-19(12-17)26-4/h5-12,15,20H,13-14H2,1-4H3,(H,23,24). The van der Waals surface area contributed by atoms with E-state index >= 15 is 0 Å². The van der Waals surface area contributed by atoms with Crippen LogP contribution in [0.15, 0.2) is 48.5 Å². The van der Waals surface area contributed by atoms with Crippen LogP contribution in [-0.4, -0.2) is 25.1 Å². The van der Waals surface area contributed by atoms with Gasteiger partial charge in [0.15, 0.2) is 0 Å². The van der Waals surface area contributed by atoms with Crippen LogP contribution >= 0.6 is 0 Å². The molecule has 0 saturated carbocycles. The number of nitrogens with one attached hydrogen (secondary N) is 1. The number of carbonyl (C=O) groups excluding carboxylic acids is 2. The molecule has 0 spiro atoms. The monoisotopic (exact) mass is 369 g/mol. The van der Waals surface area contributed by atoms with Crippen molar-refractivity contribution in [2.75, 3.05) is 7.11 Å². The van der Waals surface area contributed by atoms with Gasteiger partial charge < -0.3 is 14.8 Å². The normalized spacial score (nSPS) is 11.7. The first-order valence-electron chi connectivity index (χ1n) is 9.05.